The van der Waals surface area contributed by atoms with Crippen LogP contribution in [0.2, 0.25) is 0 Å². The lowest BCUT2D eigenvalue weighted by Gasteiger charge is -2.22. The van der Waals surface area contributed by atoms with Crippen molar-refractivity contribution in [3.05, 3.63) is 59.7 Å². The molecule has 0 radical (unpaired) electrons. The van der Waals surface area contributed by atoms with Crippen LogP contribution in [0.4, 0.5) is 5.69 Å². The highest BCUT2D eigenvalue weighted by molar-refractivity contribution is 5.48. The molecule has 2 rings (SSSR count). The van der Waals surface area contributed by atoms with Gasteiger partial charge in [0.2, 0.25) is 0 Å². The number of hydrogen-bond donors (Lipinski definition) is 1. The summed E-state index contributed by atoms with van der Waals surface area (Å²) < 4.78 is 5.74. The Labute approximate surface area is 126 Å². The molecule has 1 N–H and O–H groups in total. The molecule has 0 bridgehead atoms. The van der Waals surface area contributed by atoms with E-state index in [4.69, 9.17) is 10.00 Å². The lowest BCUT2D eigenvalue weighted by molar-refractivity contribution is 0.306. The Morgan fingerprint density at radius 2 is 1.81 bits per heavy atom. The van der Waals surface area contributed by atoms with Gasteiger partial charge in [-0.05, 0) is 62.7 Å². The number of nitrogens with zero attached hydrogens (tertiary/aromatic N) is 1. The first-order valence-corrected chi connectivity index (χ1v) is 6.96. The van der Waals surface area contributed by atoms with Crippen molar-refractivity contribution in [1.29, 1.82) is 5.26 Å². The standard InChI is InChI=1S/C18H20N2O/c1-18(2,3)20-16-7-9-17(10-8-16)21-13-15-6-4-5-14(11-15)12-19/h4-11,20H,13H2,1-3H3. The van der Waals surface area contributed by atoms with Gasteiger partial charge in [-0.3, -0.25) is 0 Å². The number of nitrogens with one attached hydrogen (secondary N) is 1. The first-order valence-electron chi connectivity index (χ1n) is 6.96. The molecule has 0 aliphatic rings. The zero-order valence-electron chi connectivity index (χ0n) is 12.7. The summed E-state index contributed by atoms with van der Waals surface area (Å²) in [5.74, 6) is 0.816. The quantitative estimate of drug-likeness (QED) is 0.905. The average Bonchev–Trinajstić information content (AvgIpc) is 2.45. The summed E-state index contributed by atoms with van der Waals surface area (Å²) in [6, 6.07) is 17.5. The highest BCUT2D eigenvalue weighted by Gasteiger charge is 2.08. The molecule has 0 aliphatic carbocycles. The number of nitriles is 1. The third-order valence-electron chi connectivity index (χ3n) is 2.84. The fourth-order valence-electron chi connectivity index (χ4n) is 1.96. The monoisotopic (exact) mass is 280 g/mol. The van der Waals surface area contributed by atoms with Crippen LogP contribution in [0.5, 0.6) is 5.75 Å². The summed E-state index contributed by atoms with van der Waals surface area (Å²) in [4.78, 5) is 0. The largest absolute Gasteiger partial charge is 0.489 e. The minimum Gasteiger partial charge on any atom is -0.489 e. The van der Waals surface area contributed by atoms with E-state index in [1.807, 2.05) is 42.5 Å². The summed E-state index contributed by atoms with van der Waals surface area (Å²) in [5, 5.41) is 12.3. The van der Waals surface area contributed by atoms with Gasteiger partial charge in [-0.1, -0.05) is 12.1 Å². The lowest BCUT2D eigenvalue weighted by atomic mass is 10.1. The molecule has 0 saturated heterocycles. The maximum atomic E-state index is 8.87. The number of rotatable bonds is 4. The first-order chi connectivity index (χ1) is 9.96. The SMILES string of the molecule is CC(C)(C)Nc1ccc(OCc2cccc(C#N)c2)cc1. The van der Waals surface area contributed by atoms with Gasteiger partial charge in [0.05, 0.1) is 11.6 Å². The zero-order chi connectivity index (χ0) is 15.3. The van der Waals surface area contributed by atoms with Crippen LogP contribution in [0.3, 0.4) is 0 Å². The van der Waals surface area contributed by atoms with E-state index >= 15 is 0 Å². The van der Waals surface area contributed by atoms with Crippen molar-refractivity contribution < 1.29 is 4.74 Å². The number of hydrogen-bond acceptors (Lipinski definition) is 3. The Hall–Kier alpha value is -2.47. The van der Waals surface area contributed by atoms with Crippen molar-refractivity contribution >= 4 is 5.69 Å². The molecule has 3 heteroatoms. The zero-order valence-corrected chi connectivity index (χ0v) is 12.7. The van der Waals surface area contributed by atoms with E-state index in [1.165, 1.54) is 0 Å². The van der Waals surface area contributed by atoms with Gasteiger partial charge in [0.15, 0.2) is 0 Å². The second kappa shape index (κ2) is 6.32. The Morgan fingerprint density at radius 3 is 2.43 bits per heavy atom. The number of anilines is 1. The summed E-state index contributed by atoms with van der Waals surface area (Å²) >= 11 is 0. The van der Waals surface area contributed by atoms with E-state index in [0.717, 1.165) is 17.0 Å². The van der Waals surface area contributed by atoms with E-state index < -0.39 is 0 Å². The molecule has 0 fully saturated rings. The summed E-state index contributed by atoms with van der Waals surface area (Å²) in [7, 11) is 0. The Bertz CT molecular complexity index is 634. The molecule has 0 aliphatic heterocycles. The normalized spacial score (nSPS) is 10.8. The predicted molar refractivity (Wildman–Crippen MR) is 85.3 cm³/mol. The third-order valence-corrected chi connectivity index (χ3v) is 2.84. The molecule has 0 aromatic heterocycles. The number of benzene rings is 2. The molecule has 0 heterocycles. The van der Waals surface area contributed by atoms with Crippen molar-refractivity contribution in [1.82, 2.24) is 0 Å². The fraction of sp³-hybridized carbons (Fsp3) is 0.278. The van der Waals surface area contributed by atoms with Crippen LogP contribution in [0.15, 0.2) is 48.5 Å². The van der Waals surface area contributed by atoms with Gasteiger partial charge in [-0.25, -0.2) is 0 Å². The van der Waals surface area contributed by atoms with E-state index in [9.17, 15) is 0 Å². The van der Waals surface area contributed by atoms with Gasteiger partial charge in [-0.2, -0.15) is 5.26 Å². The van der Waals surface area contributed by atoms with Gasteiger partial charge in [0.1, 0.15) is 12.4 Å². The van der Waals surface area contributed by atoms with Crippen molar-refractivity contribution in [2.45, 2.75) is 32.9 Å². The lowest BCUT2D eigenvalue weighted by Crippen LogP contribution is -2.25. The molecule has 0 atom stereocenters. The van der Waals surface area contributed by atoms with E-state index in [0.29, 0.717) is 12.2 Å². The average molecular weight is 280 g/mol. The summed E-state index contributed by atoms with van der Waals surface area (Å²) in [6.07, 6.45) is 0. The van der Waals surface area contributed by atoms with Crippen molar-refractivity contribution in [2.75, 3.05) is 5.32 Å². The summed E-state index contributed by atoms with van der Waals surface area (Å²) in [6.45, 7) is 6.83. The van der Waals surface area contributed by atoms with Crippen LogP contribution >= 0.6 is 0 Å². The van der Waals surface area contributed by atoms with Gasteiger partial charge < -0.3 is 10.1 Å². The van der Waals surface area contributed by atoms with Crippen molar-refractivity contribution in [2.24, 2.45) is 0 Å². The molecule has 108 valence electrons. The van der Waals surface area contributed by atoms with Crippen LogP contribution in [-0.2, 0) is 6.61 Å². The van der Waals surface area contributed by atoms with E-state index in [1.54, 1.807) is 6.07 Å². The topological polar surface area (TPSA) is 45.0 Å². The molecule has 0 unspecified atom stereocenters. The van der Waals surface area contributed by atoms with Crippen LogP contribution in [0.1, 0.15) is 31.9 Å². The van der Waals surface area contributed by atoms with Crippen molar-refractivity contribution in [3.8, 4) is 11.8 Å². The first kappa shape index (κ1) is 14.9. The minimum atomic E-state index is 0.0418. The highest BCUT2D eigenvalue weighted by Crippen LogP contribution is 2.20. The van der Waals surface area contributed by atoms with Crippen LogP contribution in [0.25, 0.3) is 0 Å². The summed E-state index contributed by atoms with van der Waals surface area (Å²) in [5.41, 5.74) is 2.76. The molecule has 2 aromatic carbocycles. The Morgan fingerprint density at radius 1 is 1.10 bits per heavy atom. The second-order valence-corrected chi connectivity index (χ2v) is 6.00. The van der Waals surface area contributed by atoms with Crippen LogP contribution in [-0.4, -0.2) is 5.54 Å². The molecule has 0 amide bonds. The van der Waals surface area contributed by atoms with Crippen LogP contribution < -0.4 is 10.1 Å². The maximum Gasteiger partial charge on any atom is 0.119 e. The van der Waals surface area contributed by atoms with Gasteiger partial charge in [-0.15, -0.1) is 0 Å². The minimum absolute atomic E-state index is 0.0418. The van der Waals surface area contributed by atoms with E-state index in [-0.39, 0.29) is 5.54 Å². The van der Waals surface area contributed by atoms with Gasteiger partial charge >= 0.3 is 0 Å². The van der Waals surface area contributed by atoms with Crippen LogP contribution in [0, 0.1) is 11.3 Å². The number of ether oxygens (including phenoxy) is 1. The van der Waals surface area contributed by atoms with E-state index in [2.05, 4.69) is 32.2 Å². The second-order valence-electron chi connectivity index (χ2n) is 6.00. The molecule has 21 heavy (non-hydrogen) atoms. The predicted octanol–water partition coefficient (Wildman–Crippen LogP) is 4.35. The molecule has 2 aromatic rings. The van der Waals surface area contributed by atoms with Gasteiger partial charge in [0, 0.05) is 11.2 Å². The van der Waals surface area contributed by atoms with Crippen molar-refractivity contribution in [3.63, 3.8) is 0 Å². The van der Waals surface area contributed by atoms with Gasteiger partial charge in [0.25, 0.3) is 0 Å². The molecule has 0 spiro atoms. The Balaban J connectivity index is 1.96. The Kier molecular flexibility index (Phi) is 4.49. The maximum absolute atomic E-state index is 8.87. The third kappa shape index (κ3) is 4.85. The molecular weight excluding hydrogens is 260 g/mol. The smallest absolute Gasteiger partial charge is 0.119 e. The molecule has 0 saturated carbocycles. The molecule has 3 nitrogen and oxygen atoms in total. The fourth-order valence-corrected chi connectivity index (χ4v) is 1.96. The molecular formula is C18H20N2O. The highest BCUT2D eigenvalue weighted by atomic mass is 16.5.